The molecular weight excluding hydrogens is 150 g/mol. The molecule has 0 aromatic heterocycles. The lowest BCUT2D eigenvalue weighted by molar-refractivity contribution is 0.0511. The topological polar surface area (TPSA) is 23.5 Å². The average Bonchev–Trinajstić information content (AvgIpc) is 2.42. The minimum atomic E-state index is 0.354. The Morgan fingerprint density at radius 1 is 1.17 bits per heavy atom. The van der Waals surface area contributed by atoms with Crippen LogP contribution in [-0.4, -0.2) is 35.2 Å². The van der Waals surface area contributed by atoms with Crippen molar-refractivity contribution in [3.05, 3.63) is 0 Å². The summed E-state index contributed by atoms with van der Waals surface area (Å²) < 4.78 is 0. The molecule has 1 heterocycles. The van der Waals surface area contributed by atoms with E-state index in [2.05, 4.69) is 4.90 Å². The van der Waals surface area contributed by atoms with Crippen molar-refractivity contribution in [2.24, 2.45) is 0 Å². The molecule has 0 unspecified atom stereocenters. The van der Waals surface area contributed by atoms with Gasteiger partial charge in [0.15, 0.2) is 0 Å². The van der Waals surface area contributed by atoms with Crippen LogP contribution in [0.5, 0.6) is 0 Å². The second-order valence-electron chi connectivity index (χ2n) is 4.25. The molecule has 2 fully saturated rings. The Bertz CT molecular complexity index is 154. The zero-order chi connectivity index (χ0) is 8.44. The predicted octanol–water partition coefficient (Wildman–Crippen LogP) is 1.39. The standard InChI is InChI=1S/C10H19NO/c12-9-3-8-11-7-2-6-10(11)4-1-5-10/h12H,1-9H2. The van der Waals surface area contributed by atoms with E-state index in [1.807, 2.05) is 0 Å². The SMILES string of the molecule is OCCCN1CCCC12CCC2. The fourth-order valence-corrected chi connectivity index (χ4v) is 2.76. The Morgan fingerprint density at radius 2 is 1.92 bits per heavy atom. The highest BCUT2D eigenvalue weighted by Gasteiger charge is 2.44. The zero-order valence-corrected chi connectivity index (χ0v) is 7.76. The van der Waals surface area contributed by atoms with Gasteiger partial charge in [0.1, 0.15) is 0 Å². The maximum atomic E-state index is 8.76. The highest BCUT2D eigenvalue weighted by molar-refractivity contribution is 5.01. The van der Waals surface area contributed by atoms with E-state index in [4.69, 9.17) is 5.11 Å². The molecule has 1 N–H and O–H groups in total. The van der Waals surface area contributed by atoms with Gasteiger partial charge >= 0.3 is 0 Å². The van der Waals surface area contributed by atoms with Crippen LogP contribution in [0.3, 0.4) is 0 Å². The van der Waals surface area contributed by atoms with Gasteiger partial charge in [-0.1, -0.05) is 0 Å². The first kappa shape index (κ1) is 8.52. The van der Waals surface area contributed by atoms with Gasteiger partial charge in [0.05, 0.1) is 0 Å². The van der Waals surface area contributed by atoms with Crippen LogP contribution in [-0.2, 0) is 0 Å². The number of aliphatic hydroxyl groups excluding tert-OH is 1. The van der Waals surface area contributed by atoms with Gasteiger partial charge in [0.25, 0.3) is 0 Å². The minimum Gasteiger partial charge on any atom is -0.396 e. The summed E-state index contributed by atoms with van der Waals surface area (Å²) in [4.78, 5) is 2.62. The molecule has 1 spiro atoms. The summed E-state index contributed by atoms with van der Waals surface area (Å²) in [6.45, 7) is 2.75. The number of rotatable bonds is 3. The normalized spacial score (nSPS) is 27.8. The Morgan fingerprint density at radius 3 is 2.50 bits per heavy atom. The largest absolute Gasteiger partial charge is 0.396 e. The minimum absolute atomic E-state index is 0.354. The van der Waals surface area contributed by atoms with Crippen molar-refractivity contribution < 1.29 is 5.11 Å². The van der Waals surface area contributed by atoms with Crippen LogP contribution in [0.2, 0.25) is 0 Å². The fourth-order valence-electron chi connectivity index (χ4n) is 2.76. The first-order valence-corrected chi connectivity index (χ1v) is 5.23. The molecule has 2 heteroatoms. The number of hydrogen-bond acceptors (Lipinski definition) is 2. The average molecular weight is 169 g/mol. The Balaban J connectivity index is 1.86. The lowest BCUT2D eigenvalue weighted by Gasteiger charge is -2.46. The van der Waals surface area contributed by atoms with Crippen LogP contribution < -0.4 is 0 Å². The van der Waals surface area contributed by atoms with Crippen molar-refractivity contribution in [2.75, 3.05) is 19.7 Å². The van der Waals surface area contributed by atoms with E-state index in [-0.39, 0.29) is 0 Å². The summed E-state index contributed by atoms with van der Waals surface area (Å²) in [5, 5.41) is 8.76. The van der Waals surface area contributed by atoms with Crippen LogP contribution in [0.4, 0.5) is 0 Å². The number of likely N-dealkylation sites (tertiary alicyclic amines) is 1. The summed E-state index contributed by atoms with van der Waals surface area (Å²) in [5.41, 5.74) is 0.606. The molecular formula is C10H19NO. The molecule has 0 amide bonds. The van der Waals surface area contributed by atoms with Gasteiger partial charge in [-0.3, -0.25) is 4.90 Å². The Kier molecular flexibility index (Phi) is 2.37. The second kappa shape index (κ2) is 3.35. The number of hydrogen-bond donors (Lipinski definition) is 1. The van der Waals surface area contributed by atoms with E-state index in [0.717, 1.165) is 13.0 Å². The van der Waals surface area contributed by atoms with Gasteiger partial charge in [0.2, 0.25) is 0 Å². The maximum absolute atomic E-state index is 8.76. The molecule has 70 valence electrons. The number of nitrogens with zero attached hydrogens (tertiary/aromatic N) is 1. The molecule has 2 nitrogen and oxygen atoms in total. The highest BCUT2D eigenvalue weighted by atomic mass is 16.3. The summed E-state index contributed by atoms with van der Waals surface area (Å²) in [7, 11) is 0. The Labute approximate surface area is 74.6 Å². The predicted molar refractivity (Wildman–Crippen MR) is 49.1 cm³/mol. The van der Waals surface area contributed by atoms with Gasteiger partial charge < -0.3 is 5.11 Å². The third kappa shape index (κ3) is 1.27. The quantitative estimate of drug-likeness (QED) is 0.690. The van der Waals surface area contributed by atoms with Crippen LogP contribution in [0.1, 0.15) is 38.5 Å². The maximum Gasteiger partial charge on any atom is 0.0443 e. The fraction of sp³-hybridized carbons (Fsp3) is 1.00. The van der Waals surface area contributed by atoms with Gasteiger partial charge in [-0.2, -0.15) is 0 Å². The van der Waals surface area contributed by atoms with E-state index in [1.54, 1.807) is 0 Å². The van der Waals surface area contributed by atoms with Crippen molar-refractivity contribution >= 4 is 0 Å². The Hall–Kier alpha value is -0.0800. The molecule has 0 radical (unpaired) electrons. The number of aliphatic hydroxyl groups is 1. The van der Waals surface area contributed by atoms with Gasteiger partial charge in [-0.05, 0) is 45.1 Å². The van der Waals surface area contributed by atoms with Crippen molar-refractivity contribution in [3.63, 3.8) is 0 Å². The van der Waals surface area contributed by atoms with Gasteiger partial charge in [0, 0.05) is 18.7 Å². The first-order valence-electron chi connectivity index (χ1n) is 5.23. The lowest BCUT2D eigenvalue weighted by atomic mass is 9.75. The molecule has 0 bridgehead atoms. The molecule has 1 saturated carbocycles. The smallest absolute Gasteiger partial charge is 0.0443 e. The van der Waals surface area contributed by atoms with E-state index in [9.17, 15) is 0 Å². The van der Waals surface area contributed by atoms with Crippen molar-refractivity contribution in [2.45, 2.75) is 44.1 Å². The summed E-state index contributed by atoms with van der Waals surface area (Å²) in [5.74, 6) is 0. The second-order valence-corrected chi connectivity index (χ2v) is 4.25. The van der Waals surface area contributed by atoms with Gasteiger partial charge in [-0.25, -0.2) is 0 Å². The summed E-state index contributed by atoms with van der Waals surface area (Å²) >= 11 is 0. The van der Waals surface area contributed by atoms with Crippen molar-refractivity contribution in [1.82, 2.24) is 4.90 Å². The van der Waals surface area contributed by atoms with Crippen LogP contribution in [0.25, 0.3) is 0 Å². The molecule has 1 aliphatic carbocycles. The molecule has 2 rings (SSSR count). The van der Waals surface area contributed by atoms with E-state index in [0.29, 0.717) is 12.1 Å². The molecule has 1 saturated heterocycles. The van der Waals surface area contributed by atoms with Gasteiger partial charge in [-0.15, -0.1) is 0 Å². The third-order valence-electron chi connectivity index (χ3n) is 3.61. The first-order chi connectivity index (χ1) is 5.87. The molecule has 0 atom stereocenters. The molecule has 12 heavy (non-hydrogen) atoms. The van der Waals surface area contributed by atoms with Crippen LogP contribution in [0, 0.1) is 0 Å². The van der Waals surface area contributed by atoms with E-state index >= 15 is 0 Å². The van der Waals surface area contributed by atoms with Crippen LogP contribution >= 0.6 is 0 Å². The summed E-state index contributed by atoms with van der Waals surface area (Å²) in [6, 6.07) is 0. The molecule has 2 aliphatic rings. The molecule has 0 aromatic carbocycles. The van der Waals surface area contributed by atoms with Crippen molar-refractivity contribution in [1.29, 1.82) is 0 Å². The molecule has 0 aromatic rings. The highest BCUT2D eigenvalue weighted by Crippen LogP contribution is 2.45. The van der Waals surface area contributed by atoms with E-state index < -0.39 is 0 Å². The zero-order valence-electron chi connectivity index (χ0n) is 7.76. The van der Waals surface area contributed by atoms with Crippen molar-refractivity contribution in [3.8, 4) is 0 Å². The summed E-state index contributed by atoms with van der Waals surface area (Å²) in [6.07, 6.45) is 8.01. The van der Waals surface area contributed by atoms with Crippen LogP contribution in [0.15, 0.2) is 0 Å². The third-order valence-corrected chi connectivity index (χ3v) is 3.61. The van der Waals surface area contributed by atoms with E-state index in [1.165, 1.54) is 38.6 Å². The monoisotopic (exact) mass is 169 g/mol. The lowest BCUT2D eigenvalue weighted by Crippen LogP contribution is -2.49. The molecule has 1 aliphatic heterocycles.